The first kappa shape index (κ1) is 43.8. The SMILES string of the molecule is CC1(C)CC[C@]2(C(=O)O[C@@H]3O[C@H](CO)[C@@H](O)[C@H](O)[C@H]3O[C@@H]3O[C@H](CO)[C@@H](O)[C@H](O)[C@H]3O)CC[C@]3(C)C(=CC[C@@H]4[C@@]5(C)C[C@@H](O)[C@H](O)[C@](C)(CO)[C@@H]5CC[C@]43C)[C@@H]2C1. The van der Waals surface area contributed by atoms with Gasteiger partial charge in [0.25, 0.3) is 0 Å². The van der Waals surface area contributed by atoms with Gasteiger partial charge in [-0.3, -0.25) is 4.79 Å². The van der Waals surface area contributed by atoms with E-state index in [9.17, 15) is 51.1 Å². The zero-order chi connectivity index (χ0) is 41.8. The highest BCUT2D eigenvalue weighted by Crippen LogP contribution is 2.76. The van der Waals surface area contributed by atoms with Crippen molar-refractivity contribution in [1.82, 2.24) is 0 Å². The molecule has 10 N–H and O–H groups in total. The summed E-state index contributed by atoms with van der Waals surface area (Å²) < 4.78 is 23.5. The standard InChI is InChI=1S/C42H68O15/c1-37(2)11-13-42(36(53)57-35-32(30(50)28(48)24(18-44)55-35)56-34-31(51)29(49)27(47)23(17-43)54-34)14-12-40(5)20(21(42)15-37)7-8-26-38(3)16-22(46)33(52)39(4,19-45)25(38)9-10-41(26,40)6/h7,21-35,43-52H,8-19H2,1-6H3/t21-,22+,23+,24+,25+,26+,27+,28+,29-,30-,31+,32+,33-,34-,35-,38-,39+,40+,41+,42-/m0/s1. The Balaban J connectivity index is 1.21. The summed E-state index contributed by atoms with van der Waals surface area (Å²) in [6.45, 7) is 11.6. The maximum absolute atomic E-state index is 15.0. The zero-order valence-corrected chi connectivity index (χ0v) is 34.2. The normalized spacial score (nSPS) is 54.7. The Morgan fingerprint density at radius 1 is 0.737 bits per heavy atom. The summed E-state index contributed by atoms with van der Waals surface area (Å²) in [4.78, 5) is 15.0. The molecule has 2 saturated heterocycles. The van der Waals surface area contributed by atoms with Gasteiger partial charge in [0.1, 0.15) is 42.7 Å². The van der Waals surface area contributed by atoms with Gasteiger partial charge in [0.05, 0.1) is 37.4 Å². The lowest BCUT2D eigenvalue weighted by molar-refractivity contribution is -0.363. The van der Waals surface area contributed by atoms with Crippen LogP contribution in [0.15, 0.2) is 11.6 Å². The molecule has 15 heteroatoms. The topological polar surface area (TPSA) is 256 Å². The van der Waals surface area contributed by atoms with Gasteiger partial charge in [0, 0.05) is 5.41 Å². The van der Waals surface area contributed by atoms with E-state index in [2.05, 4.69) is 40.7 Å². The predicted octanol–water partition coefficient (Wildman–Crippen LogP) is 0.260. The van der Waals surface area contributed by atoms with Crippen molar-refractivity contribution in [3.63, 3.8) is 0 Å². The molecule has 15 nitrogen and oxygen atoms in total. The van der Waals surface area contributed by atoms with E-state index in [4.69, 9.17) is 18.9 Å². The summed E-state index contributed by atoms with van der Waals surface area (Å²) in [6.07, 6.45) is -10.4. The Labute approximate surface area is 335 Å². The van der Waals surface area contributed by atoms with Crippen LogP contribution in [0, 0.1) is 50.2 Å². The second kappa shape index (κ2) is 14.9. The van der Waals surface area contributed by atoms with E-state index in [1.807, 2.05) is 6.92 Å². The van der Waals surface area contributed by atoms with Gasteiger partial charge in [0.2, 0.25) is 6.29 Å². The molecule has 0 aromatic rings. The van der Waals surface area contributed by atoms with E-state index in [0.29, 0.717) is 38.5 Å². The minimum absolute atomic E-state index is 0.00144. The minimum atomic E-state index is -1.85. The van der Waals surface area contributed by atoms with Crippen LogP contribution >= 0.6 is 0 Å². The van der Waals surface area contributed by atoms with Gasteiger partial charge >= 0.3 is 5.97 Å². The Kier molecular flexibility index (Phi) is 11.5. The number of fused-ring (bicyclic) bond motifs is 7. The van der Waals surface area contributed by atoms with E-state index in [0.717, 1.165) is 19.3 Å². The molecule has 0 unspecified atom stereocenters. The monoisotopic (exact) mass is 812 g/mol. The molecule has 7 rings (SSSR count). The number of carbonyl (C=O) groups is 1. The van der Waals surface area contributed by atoms with Crippen LogP contribution in [0.5, 0.6) is 0 Å². The average molecular weight is 813 g/mol. The lowest BCUT2D eigenvalue weighted by atomic mass is 9.33. The Morgan fingerprint density at radius 2 is 1.35 bits per heavy atom. The van der Waals surface area contributed by atoms with Crippen molar-refractivity contribution >= 4 is 5.97 Å². The molecule has 4 saturated carbocycles. The molecule has 6 fully saturated rings. The number of ether oxygens (including phenoxy) is 4. The lowest BCUT2D eigenvalue weighted by Gasteiger charge is -2.71. The Hall–Kier alpha value is -1.31. The van der Waals surface area contributed by atoms with Crippen LogP contribution in [-0.4, -0.2) is 150 Å². The van der Waals surface area contributed by atoms with Crippen molar-refractivity contribution in [2.24, 2.45) is 50.2 Å². The first-order valence-corrected chi connectivity index (χ1v) is 21.1. The molecular formula is C42H68O15. The van der Waals surface area contributed by atoms with Gasteiger partial charge in [-0.1, -0.05) is 53.2 Å². The molecule has 57 heavy (non-hydrogen) atoms. The number of esters is 1. The van der Waals surface area contributed by atoms with Crippen molar-refractivity contribution in [3.8, 4) is 0 Å². The number of hydrogen-bond donors (Lipinski definition) is 10. The highest BCUT2D eigenvalue weighted by atomic mass is 16.8. The molecular weight excluding hydrogens is 744 g/mol. The molecule has 0 spiro atoms. The van der Waals surface area contributed by atoms with Crippen molar-refractivity contribution in [2.75, 3.05) is 19.8 Å². The van der Waals surface area contributed by atoms with Gasteiger partial charge in [-0.05, 0) is 97.2 Å². The van der Waals surface area contributed by atoms with Gasteiger partial charge < -0.3 is 70.0 Å². The third-order valence-electron chi connectivity index (χ3n) is 17.3. The molecule has 7 aliphatic rings. The first-order valence-electron chi connectivity index (χ1n) is 21.1. The van der Waals surface area contributed by atoms with Crippen LogP contribution < -0.4 is 0 Å². The van der Waals surface area contributed by atoms with Crippen LogP contribution in [0.3, 0.4) is 0 Å². The lowest BCUT2D eigenvalue weighted by Crippen LogP contribution is -2.68. The molecule has 0 radical (unpaired) electrons. The Bertz CT molecular complexity index is 1540. The quantitative estimate of drug-likeness (QED) is 0.122. The fraction of sp³-hybridized carbons (Fsp3) is 0.929. The molecule has 0 bridgehead atoms. The van der Waals surface area contributed by atoms with Gasteiger partial charge in [-0.25, -0.2) is 0 Å². The number of carbonyl (C=O) groups excluding carboxylic acids is 1. The second-order valence-corrected chi connectivity index (χ2v) is 20.7. The first-order chi connectivity index (χ1) is 26.6. The predicted molar refractivity (Wildman–Crippen MR) is 200 cm³/mol. The van der Waals surface area contributed by atoms with Crippen molar-refractivity contribution in [3.05, 3.63) is 11.6 Å². The van der Waals surface area contributed by atoms with Crippen molar-refractivity contribution < 1.29 is 74.8 Å². The number of hydrogen-bond acceptors (Lipinski definition) is 15. The van der Waals surface area contributed by atoms with Crippen LogP contribution in [0.4, 0.5) is 0 Å². The minimum Gasteiger partial charge on any atom is -0.432 e. The van der Waals surface area contributed by atoms with E-state index in [1.165, 1.54) is 5.57 Å². The number of rotatable bonds is 7. The summed E-state index contributed by atoms with van der Waals surface area (Å²) in [6, 6.07) is 0. The summed E-state index contributed by atoms with van der Waals surface area (Å²) in [5.41, 5.74) is -1.68. The summed E-state index contributed by atoms with van der Waals surface area (Å²) in [5.74, 6) is -0.665. The van der Waals surface area contributed by atoms with Crippen LogP contribution in [0.25, 0.3) is 0 Å². The van der Waals surface area contributed by atoms with Crippen molar-refractivity contribution in [2.45, 2.75) is 173 Å². The summed E-state index contributed by atoms with van der Waals surface area (Å²) >= 11 is 0. The van der Waals surface area contributed by atoms with E-state index in [-0.39, 0.29) is 46.0 Å². The molecule has 326 valence electrons. The molecule has 0 amide bonds. The summed E-state index contributed by atoms with van der Waals surface area (Å²) in [7, 11) is 0. The molecule has 2 aliphatic heterocycles. The maximum Gasteiger partial charge on any atom is 0.315 e. The van der Waals surface area contributed by atoms with Gasteiger partial charge in [0.15, 0.2) is 12.4 Å². The number of aliphatic hydroxyl groups excluding tert-OH is 10. The summed E-state index contributed by atoms with van der Waals surface area (Å²) in [5, 5.41) is 106. The van der Waals surface area contributed by atoms with Gasteiger partial charge in [-0.15, -0.1) is 0 Å². The van der Waals surface area contributed by atoms with Crippen molar-refractivity contribution in [1.29, 1.82) is 0 Å². The highest BCUT2D eigenvalue weighted by molar-refractivity contribution is 5.79. The largest absolute Gasteiger partial charge is 0.432 e. The molecule has 2 heterocycles. The van der Waals surface area contributed by atoms with Crippen LogP contribution in [0.1, 0.15) is 99.3 Å². The third-order valence-corrected chi connectivity index (χ3v) is 17.3. The van der Waals surface area contributed by atoms with E-state index >= 15 is 4.79 Å². The molecule has 20 atom stereocenters. The number of aliphatic hydroxyl groups is 10. The van der Waals surface area contributed by atoms with Crippen LogP contribution in [0.2, 0.25) is 0 Å². The smallest absolute Gasteiger partial charge is 0.315 e. The maximum atomic E-state index is 15.0. The average Bonchev–Trinajstić information content (AvgIpc) is 3.16. The second-order valence-electron chi connectivity index (χ2n) is 20.7. The van der Waals surface area contributed by atoms with Crippen LogP contribution in [-0.2, 0) is 23.7 Å². The number of allylic oxidation sites excluding steroid dienone is 2. The molecule has 0 aromatic heterocycles. The third kappa shape index (κ3) is 6.43. The van der Waals surface area contributed by atoms with Gasteiger partial charge in [-0.2, -0.15) is 0 Å². The Morgan fingerprint density at radius 3 is 1.98 bits per heavy atom. The van der Waals surface area contributed by atoms with E-state index in [1.54, 1.807) is 0 Å². The van der Waals surface area contributed by atoms with E-state index < -0.39 is 104 Å². The fourth-order valence-corrected chi connectivity index (χ4v) is 13.6. The fourth-order valence-electron chi connectivity index (χ4n) is 13.6. The molecule has 5 aliphatic carbocycles. The molecule has 0 aromatic carbocycles. The zero-order valence-electron chi connectivity index (χ0n) is 34.2. The highest BCUT2D eigenvalue weighted by Gasteiger charge is 2.71.